The molecular formula is C11H16N2OS. The average molecular weight is 224 g/mol. The van der Waals surface area contributed by atoms with Gasteiger partial charge in [-0.15, -0.1) is 0 Å². The van der Waals surface area contributed by atoms with Gasteiger partial charge in [-0.2, -0.15) is 11.3 Å². The molecule has 1 amide bonds. The van der Waals surface area contributed by atoms with Gasteiger partial charge in [0.2, 0.25) is 0 Å². The monoisotopic (exact) mass is 224 g/mol. The molecule has 0 saturated heterocycles. The van der Waals surface area contributed by atoms with E-state index in [1.807, 2.05) is 16.8 Å². The number of thiophene rings is 1. The number of carbonyl (C=O) groups excluding carboxylic acids is 1. The third-order valence-electron chi connectivity index (χ3n) is 2.92. The summed E-state index contributed by atoms with van der Waals surface area (Å²) in [7, 11) is 0. The van der Waals surface area contributed by atoms with Crippen molar-refractivity contribution in [2.45, 2.75) is 37.8 Å². The maximum absolute atomic E-state index is 11.8. The van der Waals surface area contributed by atoms with Crippen LogP contribution in [0.15, 0.2) is 16.8 Å². The molecule has 4 heteroatoms. The normalized spacial score (nSPS) is 26.2. The molecular weight excluding hydrogens is 208 g/mol. The van der Waals surface area contributed by atoms with E-state index >= 15 is 0 Å². The van der Waals surface area contributed by atoms with Crippen LogP contribution < -0.4 is 11.1 Å². The molecule has 1 aliphatic rings. The summed E-state index contributed by atoms with van der Waals surface area (Å²) in [6, 6.07) is 2.13. The van der Waals surface area contributed by atoms with E-state index in [2.05, 4.69) is 5.32 Å². The fourth-order valence-corrected chi connectivity index (χ4v) is 2.62. The Balaban J connectivity index is 1.93. The quantitative estimate of drug-likeness (QED) is 0.804. The van der Waals surface area contributed by atoms with E-state index in [-0.39, 0.29) is 18.0 Å². The molecule has 0 aromatic carbocycles. The summed E-state index contributed by atoms with van der Waals surface area (Å²) < 4.78 is 0. The number of rotatable bonds is 2. The molecule has 2 atom stereocenters. The summed E-state index contributed by atoms with van der Waals surface area (Å²) in [6.07, 6.45) is 4.39. The Labute approximate surface area is 93.7 Å². The fraction of sp³-hybridized carbons (Fsp3) is 0.545. The number of carbonyl (C=O) groups is 1. The number of nitrogens with one attached hydrogen (secondary N) is 1. The van der Waals surface area contributed by atoms with Crippen LogP contribution in [0.4, 0.5) is 0 Å². The second-order valence-electron chi connectivity index (χ2n) is 4.04. The van der Waals surface area contributed by atoms with Gasteiger partial charge in [-0.3, -0.25) is 4.79 Å². The summed E-state index contributed by atoms with van der Waals surface area (Å²) in [5, 5.41) is 6.79. The van der Waals surface area contributed by atoms with E-state index in [1.54, 1.807) is 0 Å². The van der Waals surface area contributed by atoms with E-state index in [0.717, 1.165) is 18.4 Å². The fourth-order valence-electron chi connectivity index (χ4n) is 1.98. The van der Waals surface area contributed by atoms with E-state index in [9.17, 15) is 4.79 Å². The molecule has 3 N–H and O–H groups in total. The molecule has 1 saturated carbocycles. The molecule has 1 aromatic heterocycles. The molecule has 0 aliphatic heterocycles. The Morgan fingerprint density at radius 3 is 2.93 bits per heavy atom. The van der Waals surface area contributed by atoms with Crippen LogP contribution in [-0.4, -0.2) is 18.0 Å². The van der Waals surface area contributed by atoms with Crippen LogP contribution in [-0.2, 0) is 0 Å². The van der Waals surface area contributed by atoms with Crippen LogP contribution in [0.2, 0.25) is 0 Å². The number of hydrogen-bond acceptors (Lipinski definition) is 3. The summed E-state index contributed by atoms with van der Waals surface area (Å²) in [5.74, 6) is 0.0126. The highest BCUT2D eigenvalue weighted by molar-refractivity contribution is 7.08. The molecule has 3 nitrogen and oxygen atoms in total. The van der Waals surface area contributed by atoms with Gasteiger partial charge in [0, 0.05) is 23.0 Å². The summed E-state index contributed by atoms with van der Waals surface area (Å²) in [6.45, 7) is 0. The molecule has 2 rings (SSSR count). The first-order valence-corrected chi connectivity index (χ1v) is 6.30. The molecule has 1 aliphatic carbocycles. The number of nitrogens with two attached hydrogens (primary N) is 1. The third-order valence-corrected chi connectivity index (χ3v) is 3.60. The summed E-state index contributed by atoms with van der Waals surface area (Å²) in [5.41, 5.74) is 6.72. The Morgan fingerprint density at radius 2 is 2.27 bits per heavy atom. The van der Waals surface area contributed by atoms with Crippen molar-refractivity contribution in [2.75, 3.05) is 0 Å². The largest absolute Gasteiger partial charge is 0.348 e. The lowest BCUT2D eigenvalue weighted by atomic mass is 9.91. The highest BCUT2D eigenvalue weighted by Crippen LogP contribution is 2.17. The lowest BCUT2D eigenvalue weighted by Crippen LogP contribution is -2.49. The van der Waals surface area contributed by atoms with Gasteiger partial charge in [0.05, 0.1) is 0 Å². The number of hydrogen-bond donors (Lipinski definition) is 2. The summed E-state index contributed by atoms with van der Waals surface area (Å²) in [4.78, 5) is 11.8. The molecule has 0 bridgehead atoms. The molecule has 82 valence electrons. The van der Waals surface area contributed by atoms with Crippen LogP contribution in [0.1, 0.15) is 36.0 Å². The Morgan fingerprint density at radius 1 is 1.47 bits per heavy atom. The minimum absolute atomic E-state index is 0.0126. The second-order valence-corrected chi connectivity index (χ2v) is 4.82. The van der Waals surface area contributed by atoms with Crippen molar-refractivity contribution < 1.29 is 4.79 Å². The van der Waals surface area contributed by atoms with Gasteiger partial charge in [0.25, 0.3) is 5.91 Å². The minimum atomic E-state index is 0.0126. The molecule has 0 spiro atoms. The standard InChI is InChI=1S/C11H16N2OS/c12-9-3-1-2-4-10(9)13-11(14)8-5-6-15-7-8/h5-7,9-10H,1-4,12H2,(H,13,14)/t9-,10-/m1/s1. The zero-order chi connectivity index (χ0) is 10.7. The van der Waals surface area contributed by atoms with Crippen molar-refractivity contribution >= 4 is 17.2 Å². The van der Waals surface area contributed by atoms with Crippen molar-refractivity contribution in [1.29, 1.82) is 0 Å². The van der Waals surface area contributed by atoms with Gasteiger partial charge in [-0.25, -0.2) is 0 Å². The predicted octanol–water partition coefficient (Wildman–Crippen LogP) is 1.75. The van der Waals surface area contributed by atoms with Crippen LogP contribution >= 0.6 is 11.3 Å². The zero-order valence-electron chi connectivity index (χ0n) is 8.61. The zero-order valence-corrected chi connectivity index (χ0v) is 9.43. The van der Waals surface area contributed by atoms with Crippen molar-refractivity contribution in [1.82, 2.24) is 5.32 Å². The first-order chi connectivity index (χ1) is 7.27. The maximum atomic E-state index is 11.8. The van der Waals surface area contributed by atoms with E-state index in [0.29, 0.717) is 0 Å². The van der Waals surface area contributed by atoms with Crippen LogP contribution in [0, 0.1) is 0 Å². The number of amides is 1. The molecule has 15 heavy (non-hydrogen) atoms. The van der Waals surface area contributed by atoms with E-state index in [4.69, 9.17) is 5.73 Å². The molecule has 1 heterocycles. The van der Waals surface area contributed by atoms with Gasteiger partial charge in [0.1, 0.15) is 0 Å². The first-order valence-electron chi connectivity index (χ1n) is 5.36. The average Bonchev–Trinajstić information content (AvgIpc) is 2.74. The third kappa shape index (κ3) is 2.58. The van der Waals surface area contributed by atoms with Gasteiger partial charge in [0.15, 0.2) is 0 Å². The lowest BCUT2D eigenvalue weighted by Gasteiger charge is -2.29. The van der Waals surface area contributed by atoms with Gasteiger partial charge >= 0.3 is 0 Å². The van der Waals surface area contributed by atoms with Crippen molar-refractivity contribution in [3.8, 4) is 0 Å². The molecule has 1 fully saturated rings. The van der Waals surface area contributed by atoms with Gasteiger partial charge in [-0.05, 0) is 24.3 Å². The van der Waals surface area contributed by atoms with Gasteiger partial charge in [-0.1, -0.05) is 12.8 Å². The van der Waals surface area contributed by atoms with Crippen LogP contribution in [0.25, 0.3) is 0 Å². The Hall–Kier alpha value is -0.870. The minimum Gasteiger partial charge on any atom is -0.348 e. The molecule has 1 aromatic rings. The highest BCUT2D eigenvalue weighted by Gasteiger charge is 2.23. The topological polar surface area (TPSA) is 55.1 Å². The first kappa shape index (κ1) is 10.6. The second kappa shape index (κ2) is 4.77. The SMILES string of the molecule is N[C@@H]1CCCC[C@H]1NC(=O)c1ccsc1. The van der Waals surface area contributed by atoms with E-state index < -0.39 is 0 Å². The van der Waals surface area contributed by atoms with Gasteiger partial charge < -0.3 is 11.1 Å². The summed E-state index contributed by atoms with van der Waals surface area (Å²) >= 11 is 1.54. The maximum Gasteiger partial charge on any atom is 0.252 e. The molecule has 0 radical (unpaired) electrons. The van der Waals surface area contributed by atoms with Crippen molar-refractivity contribution in [2.24, 2.45) is 5.73 Å². The van der Waals surface area contributed by atoms with E-state index in [1.165, 1.54) is 24.2 Å². The highest BCUT2D eigenvalue weighted by atomic mass is 32.1. The lowest BCUT2D eigenvalue weighted by molar-refractivity contribution is 0.0922. The smallest absolute Gasteiger partial charge is 0.252 e. The Kier molecular flexibility index (Phi) is 3.38. The van der Waals surface area contributed by atoms with Crippen molar-refractivity contribution in [3.05, 3.63) is 22.4 Å². The Bertz CT molecular complexity index is 323. The van der Waals surface area contributed by atoms with Crippen LogP contribution in [0.5, 0.6) is 0 Å². The van der Waals surface area contributed by atoms with Crippen LogP contribution in [0.3, 0.4) is 0 Å². The molecule has 0 unspecified atom stereocenters. The van der Waals surface area contributed by atoms with Crippen molar-refractivity contribution in [3.63, 3.8) is 0 Å². The predicted molar refractivity (Wildman–Crippen MR) is 62.0 cm³/mol.